The number of hydrogen-bond acceptors (Lipinski definition) is 7. The molecule has 0 aliphatic carbocycles. The zero-order valence-corrected chi connectivity index (χ0v) is 26.4. The summed E-state index contributed by atoms with van der Waals surface area (Å²) in [6, 6.07) is 58.3. The number of nitrogens with zero attached hydrogens (tertiary/aromatic N) is 7. The minimum atomic E-state index is 0.377. The van der Waals surface area contributed by atoms with Gasteiger partial charge in [-0.15, -0.1) is 0 Å². The zero-order valence-electron chi connectivity index (χ0n) is 26.4. The predicted molar refractivity (Wildman–Crippen MR) is 195 cm³/mol. The van der Waals surface area contributed by atoms with E-state index >= 15 is 0 Å². The van der Waals surface area contributed by atoms with Crippen LogP contribution in [0.1, 0.15) is 0 Å². The number of rotatable bonds is 8. The Morgan fingerprint density at radius 2 is 0.571 bits per heavy atom. The summed E-state index contributed by atoms with van der Waals surface area (Å²) in [5.41, 5.74) is 6.37. The number of benzene rings is 6. The molecular weight excluding hydrogens is 603 g/mol. The van der Waals surface area contributed by atoms with Crippen LogP contribution in [-0.4, -0.2) is 29.9 Å². The van der Waals surface area contributed by atoms with Crippen LogP contribution in [0.25, 0.3) is 56.7 Å². The van der Waals surface area contributed by atoms with Crippen molar-refractivity contribution in [1.29, 1.82) is 0 Å². The quantitative estimate of drug-likeness (QED) is 0.165. The van der Waals surface area contributed by atoms with Crippen LogP contribution in [0.15, 0.2) is 176 Å². The Hall–Kier alpha value is -6.86. The minimum absolute atomic E-state index is 0.377. The first kappa shape index (κ1) is 29.5. The van der Waals surface area contributed by atoms with E-state index in [0.717, 1.165) is 39.1 Å². The SMILES string of the molecule is c1ccc(-c2cccc(N(c3nc(-c4ccccc4)nc(-c4ccccc4)n3)c3nc(-c4ccccc4)nc(-c4ccccc4)n3)c2)cc1. The van der Waals surface area contributed by atoms with Gasteiger partial charge in [0, 0.05) is 22.3 Å². The molecule has 0 spiro atoms. The van der Waals surface area contributed by atoms with Gasteiger partial charge in [0.1, 0.15) is 0 Å². The fraction of sp³-hybridized carbons (Fsp3) is 0. The molecule has 49 heavy (non-hydrogen) atoms. The smallest absolute Gasteiger partial charge is 0.241 e. The van der Waals surface area contributed by atoms with Gasteiger partial charge >= 0.3 is 0 Å². The molecule has 7 nitrogen and oxygen atoms in total. The van der Waals surface area contributed by atoms with Crippen LogP contribution in [0.5, 0.6) is 0 Å². The van der Waals surface area contributed by atoms with E-state index in [1.54, 1.807) is 0 Å². The second-order valence-electron chi connectivity index (χ2n) is 11.3. The molecule has 232 valence electrons. The van der Waals surface area contributed by atoms with Gasteiger partial charge in [0.05, 0.1) is 5.69 Å². The van der Waals surface area contributed by atoms with Crippen molar-refractivity contribution < 1.29 is 0 Å². The topological polar surface area (TPSA) is 80.6 Å². The lowest BCUT2D eigenvalue weighted by atomic mass is 10.1. The van der Waals surface area contributed by atoms with Gasteiger partial charge in [-0.3, -0.25) is 0 Å². The molecule has 0 saturated carbocycles. The van der Waals surface area contributed by atoms with Gasteiger partial charge < -0.3 is 0 Å². The molecule has 0 aliphatic heterocycles. The molecule has 0 bridgehead atoms. The van der Waals surface area contributed by atoms with Crippen LogP contribution in [0.4, 0.5) is 17.6 Å². The Balaban J connectivity index is 1.41. The van der Waals surface area contributed by atoms with E-state index < -0.39 is 0 Å². The summed E-state index contributed by atoms with van der Waals surface area (Å²) in [5, 5.41) is 0. The van der Waals surface area contributed by atoms with Crippen molar-refractivity contribution >= 4 is 17.6 Å². The Kier molecular flexibility index (Phi) is 8.12. The number of anilines is 3. The van der Waals surface area contributed by atoms with Crippen LogP contribution in [0.3, 0.4) is 0 Å². The molecule has 8 rings (SSSR count). The summed E-state index contributed by atoms with van der Waals surface area (Å²) in [4.78, 5) is 32.1. The summed E-state index contributed by atoms with van der Waals surface area (Å²) in [7, 11) is 0. The lowest BCUT2D eigenvalue weighted by molar-refractivity contribution is 0.964. The summed E-state index contributed by atoms with van der Waals surface area (Å²) in [5.74, 6) is 2.90. The first-order valence-corrected chi connectivity index (χ1v) is 16.0. The van der Waals surface area contributed by atoms with Gasteiger partial charge in [-0.05, 0) is 23.3 Å². The van der Waals surface area contributed by atoms with Crippen molar-refractivity contribution in [1.82, 2.24) is 29.9 Å². The van der Waals surface area contributed by atoms with Crippen molar-refractivity contribution in [3.05, 3.63) is 176 Å². The van der Waals surface area contributed by atoms with Gasteiger partial charge in [0.25, 0.3) is 0 Å². The molecule has 0 unspecified atom stereocenters. The van der Waals surface area contributed by atoms with Gasteiger partial charge in [-0.1, -0.05) is 164 Å². The molecule has 0 amide bonds. The Morgan fingerprint density at radius 1 is 0.265 bits per heavy atom. The summed E-state index contributed by atoms with van der Waals surface area (Å²) in [6.07, 6.45) is 0. The largest absolute Gasteiger partial charge is 0.246 e. The van der Waals surface area contributed by atoms with E-state index in [1.807, 2.05) is 157 Å². The normalized spacial score (nSPS) is 10.9. The standard InChI is InChI=1S/C42H29N7/c1-6-17-30(18-7-1)35-27-16-28-36(29-35)49(41-45-37(31-19-8-2-9-20-31)43-38(46-41)32-21-10-3-11-22-32)42-47-39(33-23-12-4-13-24-33)44-40(48-42)34-25-14-5-15-26-34/h1-29H. The summed E-state index contributed by atoms with van der Waals surface area (Å²) >= 11 is 0. The third-order valence-electron chi connectivity index (χ3n) is 7.99. The predicted octanol–water partition coefficient (Wildman–Crippen LogP) is 9.86. The Morgan fingerprint density at radius 3 is 0.918 bits per heavy atom. The van der Waals surface area contributed by atoms with Gasteiger partial charge in [-0.25, -0.2) is 14.9 Å². The van der Waals surface area contributed by atoms with E-state index in [4.69, 9.17) is 29.9 Å². The van der Waals surface area contributed by atoms with Crippen molar-refractivity contribution in [3.8, 4) is 56.7 Å². The molecule has 7 heteroatoms. The van der Waals surface area contributed by atoms with E-state index in [2.05, 4.69) is 24.3 Å². The van der Waals surface area contributed by atoms with Crippen molar-refractivity contribution in [2.45, 2.75) is 0 Å². The Labute approximate surface area is 284 Å². The maximum absolute atomic E-state index is 5.09. The van der Waals surface area contributed by atoms with Gasteiger partial charge in [-0.2, -0.15) is 19.9 Å². The first-order valence-electron chi connectivity index (χ1n) is 16.0. The third-order valence-corrected chi connectivity index (χ3v) is 7.99. The summed E-state index contributed by atoms with van der Waals surface area (Å²) < 4.78 is 0. The molecule has 0 aliphatic rings. The van der Waals surface area contributed by atoms with Crippen LogP contribution in [0, 0.1) is 0 Å². The second-order valence-corrected chi connectivity index (χ2v) is 11.3. The van der Waals surface area contributed by atoms with Crippen molar-refractivity contribution in [2.75, 3.05) is 4.90 Å². The fourth-order valence-electron chi connectivity index (χ4n) is 5.57. The van der Waals surface area contributed by atoms with Crippen LogP contribution < -0.4 is 4.90 Å². The fourth-order valence-corrected chi connectivity index (χ4v) is 5.57. The van der Waals surface area contributed by atoms with Crippen molar-refractivity contribution in [3.63, 3.8) is 0 Å². The van der Waals surface area contributed by atoms with Crippen LogP contribution >= 0.6 is 0 Å². The monoisotopic (exact) mass is 631 g/mol. The molecule has 8 aromatic rings. The third kappa shape index (κ3) is 6.41. The molecular formula is C42H29N7. The van der Waals surface area contributed by atoms with E-state index in [0.29, 0.717) is 35.2 Å². The highest BCUT2D eigenvalue weighted by Crippen LogP contribution is 2.36. The van der Waals surface area contributed by atoms with E-state index in [1.165, 1.54) is 0 Å². The average Bonchev–Trinajstić information content (AvgIpc) is 3.19. The van der Waals surface area contributed by atoms with E-state index in [-0.39, 0.29) is 0 Å². The average molecular weight is 632 g/mol. The minimum Gasteiger partial charge on any atom is -0.246 e. The molecule has 2 heterocycles. The molecule has 0 radical (unpaired) electrons. The second kappa shape index (κ2) is 13.5. The van der Waals surface area contributed by atoms with Crippen molar-refractivity contribution in [2.24, 2.45) is 0 Å². The lowest BCUT2D eigenvalue weighted by Crippen LogP contribution is -2.19. The first-order chi connectivity index (χ1) is 24.3. The number of hydrogen-bond donors (Lipinski definition) is 0. The van der Waals surface area contributed by atoms with Gasteiger partial charge in [0.15, 0.2) is 23.3 Å². The van der Waals surface area contributed by atoms with Crippen LogP contribution in [-0.2, 0) is 0 Å². The summed E-state index contributed by atoms with van der Waals surface area (Å²) in [6.45, 7) is 0. The highest BCUT2D eigenvalue weighted by atomic mass is 15.4. The Bertz CT molecular complexity index is 2080. The molecule has 0 saturated heterocycles. The molecule has 2 aromatic heterocycles. The van der Waals surface area contributed by atoms with Gasteiger partial charge in [0.2, 0.25) is 11.9 Å². The molecule has 0 N–H and O–H groups in total. The van der Waals surface area contributed by atoms with E-state index in [9.17, 15) is 0 Å². The lowest BCUT2D eigenvalue weighted by Gasteiger charge is -2.23. The number of aromatic nitrogens is 6. The molecule has 0 fully saturated rings. The highest BCUT2D eigenvalue weighted by molar-refractivity contribution is 5.77. The maximum Gasteiger partial charge on any atom is 0.241 e. The maximum atomic E-state index is 5.09. The van der Waals surface area contributed by atoms with Crippen LogP contribution in [0.2, 0.25) is 0 Å². The highest BCUT2D eigenvalue weighted by Gasteiger charge is 2.24. The molecule has 6 aromatic carbocycles. The zero-order chi connectivity index (χ0) is 32.8. The molecule has 0 atom stereocenters.